The first-order valence-electron chi connectivity index (χ1n) is 4.22. The second-order valence-electron chi connectivity index (χ2n) is 3.47. The van der Waals surface area contributed by atoms with Crippen molar-refractivity contribution in [3.63, 3.8) is 0 Å². The van der Waals surface area contributed by atoms with Crippen molar-refractivity contribution in [2.75, 3.05) is 0 Å². The van der Waals surface area contributed by atoms with E-state index in [4.69, 9.17) is 0 Å². The van der Waals surface area contributed by atoms with Crippen LogP contribution in [0.15, 0.2) is 0 Å². The predicted octanol–water partition coefficient (Wildman–Crippen LogP) is 1.65. The normalized spacial score (nSPS) is 28.9. The van der Waals surface area contributed by atoms with E-state index in [-0.39, 0.29) is 6.42 Å². The Labute approximate surface area is 74.5 Å². The predicted molar refractivity (Wildman–Crippen MR) is 41.3 cm³/mol. The molecule has 0 aromatic heterocycles. The van der Waals surface area contributed by atoms with Gasteiger partial charge in [0.2, 0.25) is 0 Å². The van der Waals surface area contributed by atoms with Crippen molar-refractivity contribution in [1.82, 2.24) is 5.32 Å². The third kappa shape index (κ3) is 2.90. The highest BCUT2D eigenvalue weighted by atomic mass is 19.3. The van der Waals surface area contributed by atoms with Gasteiger partial charge in [-0.1, -0.05) is 0 Å². The number of alkyl halides is 3. The zero-order chi connectivity index (χ0) is 10.1. The van der Waals surface area contributed by atoms with Gasteiger partial charge in [0.25, 0.3) is 5.91 Å². The van der Waals surface area contributed by atoms with Gasteiger partial charge in [0, 0.05) is 13.0 Å². The summed E-state index contributed by atoms with van der Waals surface area (Å²) < 4.78 is 37.3. The van der Waals surface area contributed by atoms with Crippen LogP contribution in [0, 0.1) is 0 Å². The lowest BCUT2D eigenvalue weighted by Crippen LogP contribution is -2.42. The number of nitrogens with one attached hydrogen (secondary N) is 1. The first-order valence-corrected chi connectivity index (χ1v) is 4.22. The minimum absolute atomic E-state index is 0.155. The van der Waals surface area contributed by atoms with Crippen LogP contribution in [0.4, 0.5) is 13.2 Å². The average molecular weight is 195 g/mol. The second-order valence-corrected chi connectivity index (χ2v) is 3.47. The van der Waals surface area contributed by atoms with Gasteiger partial charge in [0.05, 0.1) is 0 Å². The molecule has 0 aromatic rings. The summed E-state index contributed by atoms with van der Waals surface area (Å²) in [5.41, 5.74) is 0. The van der Waals surface area contributed by atoms with E-state index in [1.54, 1.807) is 0 Å². The number of rotatable bonds is 2. The van der Waals surface area contributed by atoms with Crippen molar-refractivity contribution in [2.24, 2.45) is 0 Å². The molecule has 5 heteroatoms. The topological polar surface area (TPSA) is 29.1 Å². The van der Waals surface area contributed by atoms with Crippen molar-refractivity contribution >= 4 is 5.91 Å². The average Bonchev–Trinajstić information content (AvgIpc) is 2.33. The standard InChI is InChI=1S/C8H12F3NO/c1-8(10,11)7(13)12-6-3-2-5(9)4-6/h5-6H,2-4H2,1H3,(H,12,13). The van der Waals surface area contributed by atoms with Crippen LogP contribution < -0.4 is 5.32 Å². The quantitative estimate of drug-likeness (QED) is 0.713. The van der Waals surface area contributed by atoms with Crippen LogP contribution >= 0.6 is 0 Å². The van der Waals surface area contributed by atoms with Crippen molar-refractivity contribution < 1.29 is 18.0 Å². The Morgan fingerprint density at radius 1 is 1.46 bits per heavy atom. The fourth-order valence-electron chi connectivity index (χ4n) is 1.37. The molecule has 1 fully saturated rings. The molecule has 76 valence electrons. The minimum atomic E-state index is -3.37. The van der Waals surface area contributed by atoms with Crippen LogP contribution in [0.5, 0.6) is 0 Å². The Morgan fingerprint density at radius 3 is 2.46 bits per heavy atom. The Balaban J connectivity index is 2.37. The molecule has 0 aromatic carbocycles. The number of carbonyl (C=O) groups excluding carboxylic acids is 1. The fraction of sp³-hybridized carbons (Fsp3) is 0.875. The van der Waals surface area contributed by atoms with Crippen LogP contribution in [0.3, 0.4) is 0 Å². The fourth-order valence-corrected chi connectivity index (χ4v) is 1.37. The van der Waals surface area contributed by atoms with E-state index >= 15 is 0 Å². The zero-order valence-electron chi connectivity index (χ0n) is 7.32. The molecule has 0 radical (unpaired) electrons. The summed E-state index contributed by atoms with van der Waals surface area (Å²) in [7, 11) is 0. The van der Waals surface area contributed by atoms with Crippen LogP contribution in [-0.4, -0.2) is 24.0 Å². The molecule has 2 nitrogen and oxygen atoms in total. The first kappa shape index (κ1) is 10.3. The molecule has 0 bridgehead atoms. The van der Waals surface area contributed by atoms with E-state index in [2.05, 4.69) is 5.32 Å². The van der Waals surface area contributed by atoms with Crippen molar-refractivity contribution in [1.29, 1.82) is 0 Å². The Bertz CT molecular complexity index is 202. The molecular formula is C8H12F3NO. The smallest absolute Gasteiger partial charge is 0.321 e. The van der Waals surface area contributed by atoms with Crippen molar-refractivity contribution in [3.8, 4) is 0 Å². The highest BCUT2D eigenvalue weighted by molar-refractivity contribution is 5.83. The third-order valence-electron chi connectivity index (χ3n) is 2.10. The summed E-state index contributed by atoms with van der Waals surface area (Å²) in [6, 6.07) is -0.423. The largest absolute Gasteiger partial charge is 0.348 e. The highest BCUT2D eigenvalue weighted by Crippen LogP contribution is 2.23. The molecule has 1 N–H and O–H groups in total. The summed E-state index contributed by atoms with van der Waals surface area (Å²) in [5.74, 6) is -4.68. The molecule has 13 heavy (non-hydrogen) atoms. The van der Waals surface area contributed by atoms with Gasteiger partial charge in [-0.25, -0.2) is 4.39 Å². The van der Waals surface area contributed by atoms with Crippen molar-refractivity contribution in [2.45, 2.75) is 44.3 Å². The molecule has 1 saturated carbocycles. The van der Waals surface area contributed by atoms with Gasteiger partial charge in [-0.15, -0.1) is 0 Å². The zero-order valence-corrected chi connectivity index (χ0v) is 7.32. The number of hydrogen-bond donors (Lipinski definition) is 1. The van der Waals surface area contributed by atoms with Crippen LogP contribution in [-0.2, 0) is 4.79 Å². The first-order chi connectivity index (χ1) is 5.89. The minimum Gasteiger partial charge on any atom is -0.348 e. The molecule has 2 unspecified atom stereocenters. The summed E-state index contributed by atoms with van der Waals surface area (Å²) in [5, 5.41) is 2.12. The van der Waals surface area contributed by atoms with E-state index < -0.39 is 24.0 Å². The van der Waals surface area contributed by atoms with E-state index in [1.165, 1.54) is 0 Å². The summed E-state index contributed by atoms with van der Waals surface area (Å²) in [4.78, 5) is 10.7. The van der Waals surface area contributed by atoms with Gasteiger partial charge in [-0.05, 0) is 19.3 Å². The molecule has 1 aliphatic carbocycles. The number of carbonyl (C=O) groups is 1. The Morgan fingerprint density at radius 2 is 2.08 bits per heavy atom. The summed E-state index contributed by atoms with van der Waals surface area (Å²) in [6.07, 6.45) is -0.0128. The van der Waals surface area contributed by atoms with Gasteiger partial charge in [0.15, 0.2) is 0 Å². The molecule has 1 rings (SSSR count). The van der Waals surface area contributed by atoms with E-state index in [0.717, 1.165) is 0 Å². The SMILES string of the molecule is CC(F)(F)C(=O)NC1CCC(F)C1. The maximum atomic E-state index is 12.6. The van der Waals surface area contributed by atoms with E-state index in [0.29, 0.717) is 19.8 Å². The molecule has 0 aliphatic heterocycles. The van der Waals surface area contributed by atoms with Gasteiger partial charge < -0.3 is 5.32 Å². The van der Waals surface area contributed by atoms with Crippen molar-refractivity contribution in [3.05, 3.63) is 0 Å². The van der Waals surface area contributed by atoms with Gasteiger partial charge in [0.1, 0.15) is 6.17 Å². The van der Waals surface area contributed by atoms with Crippen LogP contribution in [0.1, 0.15) is 26.2 Å². The molecule has 2 atom stereocenters. The Kier molecular flexibility index (Phi) is 2.83. The molecule has 1 aliphatic rings. The maximum Gasteiger partial charge on any atom is 0.321 e. The lowest BCUT2D eigenvalue weighted by atomic mass is 10.2. The lowest BCUT2D eigenvalue weighted by molar-refractivity contribution is -0.143. The van der Waals surface area contributed by atoms with Crippen LogP contribution in [0.2, 0.25) is 0 Å². The van der Waals surface area contributed by atoms with Gasteiger partial charge in [-0.3, -0.25) is 4.79 Å². The molecular weight excluding hydrogens is 183 g/mol. The number of hydrogen-bond acceptors (Lipinski definition) is 1. The van der Waals surface area contributed by atoms with Gasteiger partial charge >= 0.3 is 5.92 Å². The lowest BCUT2D eigenvalue weighted by Gasteiger charge is -2.15. The molecule has 0 saturated heterocycles. The number of halogens is 3. The molecule has 0 heterocycles. The summed E-state index contributed by atoms with van der Waals surface area (Å²) in [6.45, 7) is 0.532. The van der Waals surface area contributed by atoms with Gasteiger partial charge in [-0.2, -0.15) is 8.78 Å². The summed E-state index contributed by atoms with van der Waals surface area (Å²) >= 11 is 0. The Hall–Kier alpha value is -0.740. The third-order valence-corrected chi connectivity index (χ3v) is 2.10. The molecule has 0 spiro atoms. The van der Waals surface area contributed by atoms with E-state index in [1.807, 2.05) is 0 Å². The second kappa shape index (κ2) is 3.55. The molecule has 1 amide bonds. The van der Waals surface area contributed by atoms with E-state index in [9.17, 15) is 18.0 Å². The maximum absolute atomic E-state index is 12.6. The number of amides is 1. The highest BCUT2D eigenvalue weighted by Gasteiger charge is 2.35. The van der Waals surface area contributed by atoms with Crippen LogP contribution in [0.25, 0.3) is 0 Å². The monoisotopic (exact) mass is 195 g/mol.